The fraction of sp³-hybridized carbons (Fsp3) is 0.560. The third-order valence-electron chi connectivity index (χ3n) is 6.52. The average molecular weight is 500 g/mol. The number of hydrogen-bond donors (Lipinski definition) is 2. The number of rotatable bonds is 7. The van der Waals surface area contributed by atoms with Gasteiger partial charge in [0.1, 0.15) is 5.25 Å². The normalized spacial score (nSPS) is 22.2. The number of piperidine rings is 1. The second-order valence-electron chi connectivity index (χ2n) is 9.24. The summed E-state index contributed by atoms with van der Waals surface area (Å²) in [5.74, 6) is -0.792. The van der Waals surface area contributed by atoms with Crippen molar-refractivity contribution in [2.75, 3.05) is 38.0 Å². The standard InChI is InChI=1S/C25H33N5O4S/c1-2-11-26-22(32)18-6-5-14-30(16-18)24(34)17-7-9-19(10-8-17)27-21(31)15-20-23(33)28-25(35-20)29-12-3-4-13-29/h7-10,18,20H,2-6,11-16H2,1H3,(H,26,32)(H,27,31). The van der Waals surface area contributed by atoms with Crippen LogP contribution in [0.25, 0.3) is 0 Å². The van der Waals surface area contributed by atoms with E-state index < -0.39 is 5.25 Å². The zero-order valence-corrected chi connectivity index (χ0v) is 20.9. The minimum atomic E-state index is -0.493. The van der Waals surface area contributed by atoms with E-state index in [-0.39, 0.29) is 36.0 Å². The Balaban J connectivity index is 1.27. The van der Waals surface area contributed by atoms with E-state index in [1.807, 2.05) is 6.92 Å². The number of hydrogen-bond acceptors (Lipinski definition) is 6. The first-order chi connectivity index (χ1) is 16.9. The van der Waals surface area contributed by atoms with Gasteiger partial charge in [0, 0.05) is 50.4 Å². The average Bonchev–Trinajstić information content (AvgIpc) is 3.53. The van der Waals surface area contributed by atoms with E-state index in [1.54, 1.807) is 29.2 Å². The number of amidine groups is 1. The van der Waals surface area contributed by atoms with Crippen LogP contribution >= 0.6 is 11.8 Å². The molecule has 2 fully saturated rings. The number of nitrogens with one attached hydrogen (secondary N) is 2. The molecule has 0 aliphatic carbocycles. The number of aliphatic imine (C=N–C) groups is 1. The lowest BCUT2D eigenvalue weighted by molar-refractivity contribution is -0.126. The summed E-state index contributed by atoms with van der Waals surface area (Å²) in [5.41, 5.74) is 1.08. The van der Waals surface area contributed by atoms with Gasteiger partial charge in [-0.25, -0.2) is 0 Å². The maximum atomic E-state index is 13.0. The van der Waals surface area contributed by atoms with Crippen LogP contribution in [0.5, 0.6) is 0 Å². The lowest BCUT2D eigenvalue weighted by Gasteiger charge is -2.32. The molecule has 2 unspecified atom stereocenters. The summed E-state index contributed by atoms with van der Waals surface area (Å²) in [4.78, 5) is 58.0. The van der Waals surface area contributed by atoms with Crippen LogP contribution in [-0.2, 0) is 14.4 Å². The first kappa shape index (κ1) is 25.2. The third-order valence-corrected chi connectivity index (χ3v) is 7.73. The van der Waals surface area contributed by atoms with Crippen molar-refractivity contribution < 1.29 is 19.2 Å². The molecule has 3 heterocycles. The fourth-order valence-corrected chi connectivity index (χ4v) is 5.70. The number of carbonyl (C=O) groups excluding carboxylic acids is 4. The molecule has 0 saturated carbocycles. The Bertz CT molecular complexity index is 990. The van der Waals surface area contributed by atoms with Crippen molar-refractivity contribution in [3.63, 3.8) is 0 Å². The first-order valence-electron chi connectivity index (χ1n) is 12.5. The van der Waals surface area contributed by atoms with Gasteiger partial charge in [0.25, 0.3) is 11.8 Å². The van der Waals surface area contributed by atoms with Crippen molar-refractivity contribution in [3.05, 3.63) is 29.8 Å². The predicted octanol–water partition coefficient (Wildman–Crippen LogP) is 2.49. The molecule has 10 heteroatoms. The molecule has 9 nitrogen and oxygen atoms in total. The minimum absolute atomic E-state index is 0.0132. The number of carbonyl (C=O) groups is 4. The molecule has 35 heavy (non-hydrogen) atoms. The van der Waals surface area contributed by atoms with Crippen molar-refractivity contribution >= 4 is 46.2 Å². The quantitative estimate of drug-likeness (QED) is 0.596. The first-order valence-corrected chi connectivity index (χ1v) is 13.3. The molecule has 4 rings (SSSR count). The van der Waals surface area contributed by atoms with Gasteiger partial charge >= 0.3 is 0 Å². The summed E-state index contributed by atoms with van der Waals surface area (Å²) in [6.45, 7) is 5.53. The fourth-order valence-electron chi connectivity index (χ4n) is 4.58. The van der Waals surface area contributed by atoms with Crippen LogP contribution in [0.4, 0.5) is 5.69 Å². The maximum absolute atomic E-state index is 13.0. The zero-order valence-electron chi connectivity index (χ0n) is 20.1. The van der Waals surface area contributed by atoms with Gasteiger partial charge in [-0.3, -0.25) is 19.2 Å². The number of nitrogens with zero attached hydrogens (tertiary/aromatic N) is 3. The summed E-state index contributed by atoms with van der Waals surface area (Å²) in [6, 6.07) is 6.75. The van der Waals surface area contributed by atoms with Crippen molar-refractivity contribution in [1.29, 1.82) is 0 Å². The molecule has 3 aliphatic heterocycles. The summed E-state index contributed by atoms with van der Waals surface area (Å²) in [6.07, 6.45) is 4.73. The lowest BCUT2D eigenvalue weighted by atomic mass is 9.96. The van der Waals surface area contributed by atoms with Gasteiger partial charge in [-0.15, -0.1) is 0 Å². The van der Waals surface area contributed by atoms with Crippen LogP contribution < -0.4 is 10.6 Å². The summed E-state index contributed by atoms with van der Waals surface area (Å²) < 4.78 is 0. The molecule has 1 aromatic rings. The molecule has 0 radical (unpaired) electrons. The Labute approximate surface area is 210 Å². The highest BCUT2D eigenvalue weighted by atomic mass is 32.2. The second kappa shape index (κ2) is 11.7. The van der Waals surface area contributed by atoms with E-state index >= 15 is 0 Å². The number of amides is 4. The number of anilines is 1. The Kier molecular flexibility index (Phi) is 8.43. The zero-order chi connectivity index (χ0) is 24.8. The second-order valence-corrected chi connectivity index (χ2v) is 10.4. The van der Waals surface area contributed by atoms with E-state index in [4.69, 9.17) is 0 Å². The SMILES string of the molecule is CCCNC(=O)C1CCCN(C(=O)c2ccc(NC(=O)CC3SC(N4CCCC4)=NC3=O)cc2)C1. The topological polar surface area (TPSA) is 111 Å². The highest BCUT2D eigenvalue weighted by Crippen LogP contribution is 2.29. The van der Waals surface area contributed by atoms with Crippen LogP contribution in [-0.4, -0.2) is 76.6 Å². The van der Waals surface area contributed by atoms with Crippen molar-refractivity contribution in [1.82, 2.24) is 15.1 Å². The van der Waals surface area contributed by atoms with Crippen LogP contribution in [0.1, 0.15) is 55.8 Å². The predicted molar refractivity (Wildman–Crippen MR) is 136 cm³/mol. The molecule has 188 valence electrons. The smallest absolute Gasteiger partial charge is 0.262 e. The van der Waals surface area contributed by atoms with Gasteiger partial charge < -0.3 is 20.4 Å². The molecule has 0 bridgehead atoms. The van der Waals surface area contributed by atoms with Gasteiger partial charge in [0.15, 0.2) is 5.17 Å². The Morgan fingerprint density at radius 1 is 1.09 bits per heavy atom. The summed E-state index contributed by atoms with van der Waals surface area (Å²) in [5, 5.41) is 5.98. The maximum Gasteiger partial charge on any atom is 0.262 e. The van der Waals surface area contributed by atoms with Gasteiger partial charge in [0.2, 0.25) is 11.8 Å². The highest BCUT2D eigenvalue weighted by molar-refractivity contribution is 8.15. The van der Waals surface area contributed by atoms with E-state index in [0.717, 1.165) is 50.4 Å². The van der Waals surface area contributed by atoms with Crippen molar-refractivity contribution in [3.8, 4) is 0 Å². The van der Waals surface area contributed by atoms with Gasteiger partial charge in [-0.05, 0) is 56.4 Å². The summed E-state index contributed by atoms with van der Waals surface area (Å²) in [7, 11) is 0. The Hall–Kier alpha value is -2.88. The molecule has 0 spiro atoms. The molecule has 4 amide bonds. The molecule has 3 aliphatic rings. The van der Waals surface area contributed by atoms with E-state index in [0.29, 0.717) is 30.9 Å². The third kappa shape index (κ3) is 6.42. The van der Waals surface area contributed by atoms with E-state index in [9.17, 15) is 19.2 Å². The minimum Gasteiger partial charge on any atom is -0.356 e. The molecule has 1 aromatic carbocycles. The van der Waals surface area contributed by atoms with E-state index in [2.05, 4.69) is 20.5 Å². The van der Waals surface area contributed by atoms with Crippen molar-refractivity contribution in [2.24, 2.45) is 10.9 Å². The monoisotopic (exact) mass is 499 g/mol. The van der Waals surface area contributed by atoms with Gasteiger partial charge in [-0.2, -0.15) is 4.99 Å². The Morgan fingerprint density at radius 2 is 1.83 bits per heavy atom. The molecule has 0 aromatic heterocycles. The van der Waals surface area contributed by atoms with Crippen LogP contribution in [0.3, 0.4) is 0 Å². The van der Waals surface area contributed by atoms with E-state index in [1.165, 1.54) is 11.8 Å². The Morgan fingerprint density at radius 3 is 2.54 bits per heavy atom. The number of benzene rings is 1. The van der Waals surface area contributed by atoms with Crippen molar-refractivity contribution in [2.45, 2.75) is 50.7 Å². The molecule has 2 N–H and O–H groups in total. The lowest BCUT2D eigenvalue weighted by Crippen LogP contribution is -2.45. The largest absolute Gasteiger partial charge is 0.356 e. The van der Waals surface area contributed by atoms with Crippen LogP contribution in [0, 0.1) is 5.92 Å². The molecular weight excluding hydrogens is 466 g/mol. The van der Waals surface area contributed by atoms with Gasteiger partial charge in [0.05, 0.1) is 5.92 Å². The van der Waals surface area contributed by atoms with Crippen LogP contribution in [0.15, 0.2) is 29.3 Å². The summed E-state index contributed by atoms with van der Waals surface area (Å²) >= 11 is 1.37. The molecule has 2 atom stereocenters. The number of thioether (sulfide) groups is 1. The van der Waals surface area contributed by atoms with Crippen LogP contribution in [0.2, 0.25) is 0 Å². The number of likely N-dealkylation sites (tertiary alicyclic amines) is 2. The molecular formula is C25H33N5O4S. The molecule has 2 saturated heterocycles. The van der Waals surface area contributed by atoms with Gasteiger partial charge in [-0.1, -0.05) is 18.7 Å². The highest BCUT2D eigenvalue weighted by Gasteiger charge is 2.34.